The quantitative estimate of drug-likeness (QED) is 0.291. The third-order valence-corrected chi connectivity index (χ3v) is 8.71. The van der Waals surface area contributed by atoms with Crippen LogP contribution < -0.4 is 10.6 Å². The second-order valence-corrected chi connectivity index (χ2v) is 10.1. The molecule has 0 saturated carbocycles. The fourth-order valence-corrected chi connectivity index (χ4v) is 6.79. The molecule has 0 aromatic heterocycles. The highest BCUT2D eigenvalue weighted by atomic mass is 31.2. The third-order valence-electron chi connectivity index (χ3n) is 5.19. The molecule has 0 aliphatic heterocycles. The van der Waals surface area contributed by atoms with Gasteiger partial charge in [0.2, 0.25) is 0 Å². The van der Waals surface area contributed by atoms with Crippen molar-refractivity contribution in [3.05, 3.63) is 73.3 Å². The minimum Gasteiger partial charge on any atom is -0.392 e. The van der Waals surface area contributed by atoms with Crippen LogP contribution >= 0.6 is 7.14 Å². The Hall–Kier alpha value is -1.63. The molecule has 2 atom stereocenters. The molecular weight excluding hydrogens is 351 g/mol. The van der Waals surface area contributed by atoms with E-state index < -0.39 is 18.9 Å². The molecule has 1 N–H and O–H groups in total. The predicted octanol–water partition coefficient (Wildman–Crippen LogP) is 5.67. The van der Waals surface area contributed by atoms with Gasteiger partial charge in [0.25, 0.3) is 0 Å². The monoisotopic (exact) mass is 384 g/mol. The Balaban J connectivity index is 2.20. The molecule has 2 nitrogen and oxygen atoms in total. The van der Waals surface area contributed by atoms with Crippen molar-refractivity contribution in [1.29, 1.82) is 0 Å². The van der Waals surface area contributed by atoms with Gasteiger partial charge >= 0.3 is 0 Å². The van der Waals surface area contributed by atoms with E-state index in [0.29, 0.717) is 6.42 Å². The molecule has 2 aromatic rings. The second kappa shape index (κ2) is 11.3. The van der Waals surface area contributed by atoms with Crippen molar-refractivity contribution in [2.24, 2.45) is 0 Å². The number of unbranched alkanes of at least 4 members (excludes halogenated alkanes) is 5. The van der Waals surface area contributed by atoms with Crippen LogP contribution in [0.5, 0.6) is 0 Å². The van der Waals surface area contributed by atoms with Crippen molar-refractivity contribution in [3.8, 4) is 0 Å². The van der Waals surface area contributed by atoms with Gasteiger partial charge < -0.3 is 9.67 Å². The highest BCUT2D eigenvalue weighted by molar-refractivity contribution is 7.79. The Morgan fingerprint density at radius 3 is 1.85 bits per heavy atom. The molecule has 0 heterocycles. The molecule has 0 radical (unpaired) electrons. The van der Waals surface area contributed by atoms with Crippen molar-refractivity contribution >= 4 is 17.8 Å². The summed E-state index contributed by atoms with van der Waals surface area (Å²) in [5.74, 6) is 0. The maximum Gasteiger partial charge on any atom is 0.152 e. The zero-order valence-electron chi connectivity index (χ0n) is 16.5. The summed E-state index contributed by atoms with van der Waals surface area (Å²) >= 11 is 0. The summed E-state index contributed by atoms with van der Waals surface area (Å²) in [6.07, 6.45) is 8.74. The molecule has 0 aliphatic carbocycles. The van der Waals surface area contributed by atoms with Crippen LogP contribution in [-0.2, 0) is 4.57 Å². The molecule has 27 heavy (non-hydrogen) atoms. The number of aliphatic hydroxyl groups excluding tert-OH is 1. The molecule has 146 valence electrons. The molecular formula is C24H33O2P. The number of hydrogen-bond donors (Lipinski definition) is 1. The van der Waals surface area contributed by atoms with Gasteiger partial charge in [-0.15, -0.1) is 6.58 Å². The number of rotatable bonds is 12. The summed E-state index contributed by atoms with van der Waals surface area (Å²) < 4.78 is 14.3. The maximum atomic E-state index is 14.3. The van der Waals surface area contributed by atoms with E-state index in [2.05, 4.69) is 13.5 Å². The minimum atomic E-state index is -3.02. The van der Waals surface area contributed by atoms with E-state index in [-0.39, 0.29) is 0 Å². The third kappa shape index (κ3) is 5.67. The normalized spacial score (nSPS) is 13.9. The first kappa shape index (κ1) is 21.7. The molecule has 0 amide bonds. The Bertz CT molecular complexity index is 668. The second-order valence-electron chi connectivity index (χ2n) is 7.18. The largest absolute Gasteiger partial charge is 0.392 e. The molecule has 3 heteroatoms. The van der Waals surface area contributed by atoms with E-state index in [1.807, 2.05) is 60.7 Å². The first-order chi connectivity index (χ1) is 13.1. The van der Waals surface area contributed by atoms with Crippen LogP contribution in [0.4, 0.5) is 0 Å². The maximum absolute atomic E-state index is 14.3. The van der Waals surface area contributed by atoms with Crippen LogP contribution in [0.15, 0.2) is 73.3 Å². The van der Waals surface area contributed by atoms with Gasteiger partial charge in [-0.2, -0.15) is 0 Å². The van der Waals surface area contributed by atoms with Crippen LogP contribution in [0.25, 0.3) is 0 Å². The first-order valence-corrected chi connectivity index (χ1v) is 11.9. The van der Waals surface area contributed by atoms with Gasteiger partial charge in [-0.3, -0.25) is 0 Å². The number of benzene rings is 2. The van der Waals surface area contributed by atoms with Crippen molar-refractivity contribution in [3.63, 3.8) is 0 Å². The van der Waals surface area contributed by atoms with Crippen LogP contribution in [-0.4, -0.2) is 16.9 Å². The van der Waals surface area contributed by atoms with Crippen molar-refractivity contribution < 1.29 is 9.67 Å². The fourth-order valence-electron chi connectivity index (χ4n) is 3.64. The Morgan fingerprint density at radius 1 is 0.889 bits per heavy atom. The lowest BCUT2D eigenvalue weighted by Crippen LogP contribution is -2.33. The van der Waals surface area contributed by atoms with Gasteiger partial charge in [0, 0.05) is 10.6 Å². The van der Waals surface area contributed by atoms with E-state index in [0.717, 1.165) is 23.5 Å². The van der Waals surface area contributed by atoms with E-state index in [1.165, 1.54) is 25.7 Å². The lowest BCUT2D eigenvalue weighted by molar-refractivity contribution is 0.166. The predicted molar refractivity (Wildman–Crippen MR) is 118 cm³/mol. The molecule has 0 spiro atoms. The fraction of sp³-hybridized carbons (Fsp3) is 0.417. The van der Waals surface area contributed by atoms with Gasteiger partial charge in [-0.25, -0.2) is 0 Å². The number of hydrogen-bond acceptors (Lipinski definition) is 2. The van der Waals surface area contributed by atoms with Gasteiger partial charge in [0.1, 0.15) is 0 Å². The van der Waals surface area contributed by atoms with Crippen LogP contribution in [0.3, 0.4) is 0 Å². The van der Waals surface area contributed by atoms with Crippen molar-refractivity contribution in [1.82, 2.24) is 0 Å². The molecule has 0 bridgehead atoms. The van der Waals surface area contributed by atoms with Crippen LogP contribution in [0.1, 0.15) is 51.9 Å². The van der Waals surface area contributed by atoms with Gasteiger partial charge in [-0.05, 0) is 6.42 Å². The Morgan fingerprint density at radius 2 is 1.37 bits per heavy atom. The summed E-state index contributed by atoms with van der Waals surface area (Å²) in [6, 6.07) is 19.1. The topological polar surface area (TPSA) is 37.3 Å². The average molecular weight is 384 g/mol. The lowest BCUT2D eigenvalue weighted by Gasteiger charge is -2.30. The van der Waals surface area contributed by atoms with Crippen LogP contribution in [0.2, 0.25) is 0 Å². The highest BCUT2D eigenvalue weighted by Crippen LogP contribution is 2.51. The van der Waals surface area contributed by atoms with E-state index >= 15 is 0 Å². The molecule has 0 unspecified atom stereocenters. The van der Waals surface area contributed by atoms with E-state index in [4.69, 9.17) is 0 Å². The highest BCUT2D eigenvalue weighted by Gasteiger charge is 2.38. The standard InChI is InChI=1S/C24H33O2P/c1-3-5-6-7-8-15-20-23(25)24(4-2)27(26,21-16-11-9-12-17-21)22-18-13-10-14-19-22/h4,9-14,16-19,23-25H,2-3,5-8,15,20H2,1H3/t23-,24-/m0/s1. The summed E-state index contributed by atoms with van der Waals surface area (Å²) in [7, 11) is -3.02. The summed E-state index contributed by atoms with van der Waals surface area (Å²) in [4.78, 5) is 0. The first-order valence-electron chi connectivity index (χ1n) is 10.2. The number of aliphatic hydroxyl groups is 1. The zero-order valence-corrected chi connectivity index (χ0v) is 17.4. The summed E-state index contributed by atoms with van der Waals surface area (Å²) in [5, 5.41) is 12.5. The van der Waals surface area contributed by atoms with E-state index in [1.54, 1.807) is 6.08 Å². The van der Waals surface area contributed by atoms with Crippen LogP contribution in [0, 0.1) is 0 Å². The Kier molecular flexibility index (Phi) is 9.04. The molecule has 0 saturated heterocycles. The minimum absolute atomic E-state index is 0.474. The van der Waals surface area contributed by atoms with Gasteiger partial charge in [-0.1, -0.05) is 112 Å². The molecule has 2 rings (SSSR count). The molecule has 2 aromatic carbocycles. The SMILES string of the molecule is C=C[C@@H]([C@@H](O)CCCCCCCC)P(=O)(c1ccccc1)c1ccccc1. The summed E-state index contributed by atoms with van der Waals surface area (Å²) in [6.45, 7) is 6.15. The van der Waals surface area contributed by atoms with Crippen molar-refractivity contribution in [2.75, 3.05) is 0 Å². The van der Waals surface area contributed by atoms with Gasteiger partial charge in [0.15, 0.2) is 7.14 Å². The van der Waals surface area contributed by atoms with Crippen molar-refractivity contribution in [2.45, 2.75) is 63.6 Å². The molecule has 0 aliphatic rings. The smallest absolute Gasteiger partial charge is 0.152 e. The van der Waals surface area contributed by atoms with E-state index in [9.17, 15) is 9.67 Å². The molecule has 0 fully saturated rings. The Labute approximate surface area is 164 Å². The average Bonchev–Trinajstić information content (AvgIpc) is 2.72. The summed E-state index contributed by atoms with van der Waals surface area (Å²) in [5.41, 5.74) is -0.474. The lowest BCUT2D eigenvalue weighted by atomic mass is 10.1. The zero-order chi connectivity index (χ0) is 19.5. The van der Waals surface area contributed by atoms with Gasteiger partial charge in [0.05, 0.1) is 11.8 Å².